The lowest BCUT2D eigenvalue weighted by Crippen LogP contribution is -2.18. The highest BCUT2D eigenvalue weighted by Gasteiger charge is 2.40. The number of aryl methyl sites for hydroxylation is 1. The molecule has 0 fully saturated rings. The van der Waals surface area contributed by atoms with Gasteiger partial charge in [-0.15, -0.1) is 0 Å². The summed E-state index contributed by atoms with van der Waals surface area (Å²) >= 11 is 6.22. The Morgan fingerprint density at radius 1 is 1.10 bits per heavy atom. The van der Waals surface area contributed by atoms with Crippen LogP contribution in [0.4, 0.5) is 22.0 Å². The first-order valence-corrected chi connectivity index (χ1v) is 9.95. The van der Waals surface area contributed by atoms with E-state index >= 15 is 0 Å². The van der Waals surface area contributed by atoms with Crippen LogP contribution < -0.4 is 0 Å². The minimum Gasteiger partial charge on any atom is -0.296 e. The topological polar surface area (TPSA) is 43.1 Å². The first-order valence-electron chi connectivity index (χ1n) is 9.57. The summed E-state index contributed by atoms with van der Waals surface area (Å²) in [5.41, 5.74) is -0.566. The summed E-state index contributed by atoms with van der Waals surface area (Å²) in [6.45, 7) is 1.67. The predicted molar refractivity (Wildman–Crippen MR) is 104 cm³/mol. The molecule has 0 saturated carbocycles. The van der Waals surface area contributed by atoms with Crippen molar-refractivity contribution in [3.63, 3.8) is 0 Å². The second kappa shape index (κ2) is 6.85. The summed E-state index contributed by atoms with van der Waals surface area (Å²) in [5.74, 6) is -1.44. The molecule has 0 N–H and O–H groups in total. The van der Waals surface area contributed by atoms with Crippen molar-refractivity contribution in [3.8, 4) is 5.69 Å². The van der Waals surface area contributed by atoms with Crippen LogP contribution in [-0.2, 0) is 19.0 Å². The van der Waals surface area contributed by atoms with Crippen LogP contribution in [0.1, 0.15) is 53.4 Å². The Morgan fingerprint density at radius 3 is 2.48 bits per heavy atom. The Balaban J connectivity index is 1.91. The van der Waals surface area contributed by atoms with Gasteiger partial charge in [-0.3, -0.25) is 9.56 Å². The number of pyridine rings is 1. The third-order valence-corrected chi connectivity index (χ3v) is 5.92. The van der Waals surface area contributed by atoms with Crippen LogP contribution in [0, 0.1) is 11.6 Å². The summed E-state index contributed by atoms with van der Waals surface area (Å²) in [6, 6.07) is 2.53. The van der Waals surface area contributed by atoms with E-state index < -0.39 is 40.1 Å². The molecule has 0 bridgehead atoms. The number of benzene rings is 1. The number of aromatic nitrogens is 3. The van der Waals surface area contributed by atoms with E-state index in [0.717, 1.165) is 42.6 Å². The highest BCUT2D eigenvalue weighted by Crippen LogP contribution is 2.42. The van der Waals surface area contributed by atoms with Crippen LogP contribution >= 0.6 is 11.6 Å². The van der Waals surface area contributed by atoms with Crippen LogP contribution in [-0.4, -0.2) is 20.2 Å². The van der Waals surface area contributed by atoms with Crippen LogP contribution in [0.5, 0.6) is 0 Å². The summed E-state index contributed by atoms with van der Waals surface area (Å²) in [4.78, 5) is 12.6. The van der Waals surface area contributed by atoms with Gasteiger partial charge in [0.05, 0.1) is 33.9 Å². The van der Waals surface area contributed by atoms with E-state index in [0.29, 0.717) is 12.2 Å². The Labute approximate surface area is 178 Å². The molecule has 0 spiro atoms. The van der Waals surface area contributed by atoms with Gasteiger partial charge in [0.2, 0.25) is 0 Å². The number of aliphatic imine (C=N–C) groups is 1. The first kappa shape index (κ1) is 20.1. The Bertz CT molecular complexity index is 1240. The molecule has 1 unspecified atom stereocenters. The van der Waals surface area contributed by atoms with Gasteiger partial charge in [0, 0.05) is 11.3 Å². The van der Waals surface area contributed by atoms with E-state index in [1.807, 2.05) is 0 Å². The second-order valence-corrected chi connectivity index (χ2v) is 7.86. The summed E-state index contributed by atoms with van der Waals surface area (Å²) < 4.78 is 71.9. The number of hydrogen-bond donors (Lipinski definition) is 0. The van der Waals surface area contributed by atoms with Crippen molar-refractivity contribution in [2.75, 3.05) is 0 Å². The monoisotopic (exact) mass is 452 g/mol. The molecular formula is C21H14ClF5N4. The highest BCUT2D eigenvalue weighted by atomic mass is 35.5. The number of fused-ring (bicyclic) bond motifs is 5. The normalized spacial score (nSPS) is 17.6. The van der Waals surface area contributed by atoms with Crippen molar-refractivity contribution in [3.05, 3.63) is 75.1 Å². The number of rotatable bonds is 1. The van der Waals surface area contributed by atoms with Crippen molar-refractivity contribution in [2.45, 2.75) is 38.4 Å². The zero-order valence-corrected chi connectivity index (χ0v) is 16.8. The molecule has 3 aromatic rings. The fourth-order valence-electron chi connectivity index (χ4n) is 4.25. The Hall–Kier alpha value is -2.81. The fourth-order valence-corrected chi connectivity index (χ4v) is 4.59. The van der Waals surface area contributed by atoms with E-state index in [1.165, 1.54) is 6.07 Å². The number of hydrogen-bond acceptors (Lipinski definition) is 3. The van der Waals surface area contributed by atoms with Gasteiger partial charge in [0.25, 0.3) is 0 Å². The lowest BCUT2D eigenvalue weighted by Gasteiger charge is -2.18. The zero-order chi connectivity index (χ0) is 22.1. The molecule has 1 aliphatic heterocycles. The molecule has 0 radical (unpaired) electrons. The molecule has 3 heterocycles. The van der Waals surface area contributed by atoms with Crippen LogP contribution in [0.15, 0.2) is 29.4 Å². The molecule has 2 aliphatic rings. The van der Waals surface area contributed by atoms with Crippen molar-refractivity contribution < 1.29 is 22.0 Å². The number of nitrogens with zero attached hydrogens (tertiary/aromatic N) is 4. The quantitative estimate of drug-likeness (QED) is 0.450. The molecule has 160 valence electrons. The third kappa shape index (κ3) is 2.97. The number of alkyl halides is 3. The Kier molecular flexibility index (Phi) is 4.44. The van der Waals surface area contributed by atoms with Gasteiger partial charge in [-0.25, -0.2) is 18.7 Å². The largest absolute Gasteiger partial charge is 0.434 e. The van der Waals surface area contributed by atoms with E-state index in [1.54, 1.807) is 11.5 Å². The summed E-state index contributed by atoms with van der Waals surface area (Å²) in [6.07, 6.45) is -1.59. The van der Waals surface area contributed by atoms with Crippen LogP contribution in [0.25, 0.3) is 5.69 Å². The average Bonchev–Trinajstić information content (AvgIpc) is 3.24. The molecule has 2 aromatic heterocycles. The first-order chi connectivity index (χ1) is 14.7. The maximum atomic E-state index is 14.7. The zero-order valence-electron chi connectivity index (χ0n) is 16.1. The average molecular weight is 453 g/mol. The van der Waals surface area contributed by atoms with Gasteiger partial charge < -0.3 is 0 Å². The van der Waals surface area contributed by atoms with Crippen LogP contribution in [0.2, 0.25) is 5.02 Å². The van der Waals surface area contributed by atoms with Crippen molar-refractivity contribution in [1.29, 1.82) is 0 Å². The van der Waals surface area contributed by atoms with Gasteiger partial charge in [0.1, 0.15) is 23.5 Å². The molecule has 4 nitrogen and oxygen atoms in total. The highest BCUT2D eigenvalue weighted by molar-refractivity contribution is 6.37. The lowest BCUT2D eigenvalue weighted by molar-refractivity contribution is -0.141. The van der Waals surface area contributed by atoms with E-state index in [4.69, 9.17) is 11.6 Å². The van der Waals surface area contributed by atoms with Gasteiger partial charge in [-0.2, -0.15) is 13.2 Å². The molecular weight excluding hydrogens is 439 g/mol. The standard InChI is InChI=1S/C21H14ClF5N4/c1-9-20-30-12-6-3-7-13(12)31(20)14-8-28-19(21(25,26)27)17(22)16(14)18(29-9)15-10(23)4-2-5-11(15)24/h2,4-5,8-9H,3,6-7H2,1H3. The molecule has 0 amide bonds. The van der Waals surface area contributed by atoms with Gasteiger partial charge in [-0.1, -0.05) is 17.7 Å². The maximum Gasteiger partial charge on any atom is 0.434 e. The fraction of sp³-hybridized carbons (Fsp3) is 0.286. The summed E-state index contributed by atoms with van der Waals surface area (Å²) in [5, 5.41) is -0.757. The minimum atomic E-state index is -4.86. The molecule has 0 saturated heterocycles. The van der Waals surface area contributed by atoms with Gasteiger partial charge >= 0.3 is 6.18 Å². The smallest absolute Gasteiger partial charge is 0.296 e. The molecule has 10 heteroatoms. The molecule has 1 aliphatic carbocycles. The lowest BCUT2D eigenvalue weighted by atomic mass is 9.99. The molecule has 31 heavy (non-hydrogen) atoms. The summed E-state index contributed by atoms with van der Waals surface area (Å²) in [7, 11) is 0. The SMILES string of the molecule is CC1N=C(c2c(F)cccc2F)c2c(cnc(C(F)(F)F)c2Cl)-n2c1nc1c2CCC1. The predicted octanol–water partition coefficient (Wildman–Crippen LogP) is 5.62. The molecule has 5 rings (SSSR count). The van der Waals surface area contributed by atoms with Gasteiger partial charge in [0.15, 0.2) is 5.69 Å². The van der Waals surface area contributed by atoms with E-state index in [2.05, 4.69) is 15.0 Å². The van der Waals surface area contributed by atoms with Gasteiger partial charge in [-0.05, 0) is 38.3 Å². The molecule has 1 atom stereocenters. The Morgan fingerprint density at radius 2 is 1.81 bits per heavy atom. The van der Waals surface area contributed by atoms with E-state index in [9.17, 15) is 22.0 Å². The number of imidazole rings is 1. The van der Waals surface area contributed by atoms with E-state index in [-0.39, 0.29) is 17.0 Å². The molecule has 1 aromatic carbocycles. The number of halogens is 6. The second-order valence-electron chi connectivity index (χ2n) is 7.48. The third-order valence-electron chi connectivity index (χ3n) is 5.55. The van der Waals surface area contributed by atoms with Crippen molar-refractivity contribution >= 4 is 17.3 Å². The minimum absolute atomic E-state index is 0.175. The van der Waals surface area contributed by atoms with Crippen LogP contribution in [0.3, 0.4) is 0 Å². The van der Waals surface area contributed by atoms with Crippen molar-refractivity contribution in [1.82, 2.24) is 14.5 Å². The van der Waals surface area contributed by atoms with Crippen molar-refractivity contribution in [2.24, 2.45) is 4.99 Å². The maximum absolute atomic E-state index is 14.7.